The molecule has 1 saturated heterocycles. The van der Waals surface area contributed by atoms with Gasteiger partial charge in [0.1, 0.15) is 5.65 Å². The van der Waals surface area contributed by atoms with Gasteiger partial charge in [-0.25, -0.2) is 4.98 Å². The van der Waals surface area contributed by atoms with E-state index in [1.807, 2.05) is 16.5 Å². The van der Waals surface area contributed by atoms with Gasteiger partial charge in [-0.15, -0.1) is 0 Å². The molecule has 1 atom stereocenters. The first-order valence-corrected chi connectivity index (χ1v) is 13.9. The van der Waals surface area contributed by atoms with Crippen LogP contribution in [0.2, 0.25) is 5.02 Å². The third kappa shape index (κ3) is 6.40. The quantitative estimate of drug-likeness (QED) is 0.218. The maximum atomic E-state index is 13.4. The smallest absolute Gasteiger partial charge is 0.416 e. The number of alkyl halides is 3. The molecule has 0 radical (unpaired) electrons. The Morgan fingerprint density at radius 3 is 2.54 bits per heavy atom. The van der Waals surface area contributed by atoms with Gasteiger partial charge >= 0.3 is 12.1 Å². The van der Waals surface area contributed by atoms with Crippen LogP contribution in [0.25, 0.3) is 28.0 Å². The molecule has 0 N–H and O–H groups in total. The first-order valence-electron chi connectivity index (χ1n) is 13.5. The van der Waals surface area contributed by atoms with Crippen LogP contribution in [0.5, 0.6) is 0 Å². The number of fused-ring (bicyclic) bond motifs is 1. The Morgan fingerprint density at radius 1 is 1.05 bits per heavy atom. The zero-order valence-electron chi connectivity index (χ0n) is 22.5. The van der Waals surface area contributed by atoms with Gasteiger partial charge in [0.25, 0.3) is 0 Å². The van der Waals surface area contributed by atoms with Gasteiger partial charge in [0, 0.05) is 36.3 Å². The highest BCUT2D eigenvalue weighted by molar-refractivity contribution is 6.30. The minimum atomic E-state index is -4.46. The van der Waals surface area contributed by atoms with Crippen LogP contribution < -0.4 is 0 Å². The van der Waals surface area contributed by atoms with E-state index < -0.39 is 11.7 Å². The lowest BCUT2D eigenvalue weighted by Gasteiger charge is -2.31. The van der Waals surface area contributed by atoms with E-state index in [1.165, 1.54) is 6.07 Å². The molecule has 1 unspecified atom stereocenters. The summed E-state index contributed by atoms with van der Waals surface area (Å²) in [5.74, 6) is -0.688. The summed E-state index contributed by atoms with van der Waals surface area (Å²) in [5.41, 5.74) is 3.11. The Labute approximate surface area is 240 Å². The lowest BCUT2D eigenvalue weighted by molar-refractivity contribution is -0.151. The molecule has 0 spiro atoms. The van der Waals surface area contributed by atoms with Crippen molar-refractivity contribution in [1.29, 1.82) is 0 Å². The lowest BCUT2D eigenvalue weighted by Crippen LogP contribution is -2.42. The van der Waals surface area contributed by atoms with Crippen molar-refractivity contribution < 1.29 is 27.5 Å². The number of amides is 1. The Bertz CT molecular complexity index is 1570. The van der Waals surface area contributed by atoms with Crippen LogP contribution in [-0.4, -0.2) is 45.9 Å². The molecule has 41 heavy (non-hydrogen) atoms. The van der Waals surface area contributed by atoms with Gasteiger partial charge in [0.15, 0.2) is 0 Å². The van der Waals surface area contributed by atoms with Gasteiger partial charge in [-0.2, -0.15) is 13.2 Å². The number of hydrogen-bond acceptors (Lipinski definition) is 4. The summed E-state index contributed by atoms with van der Waals surface area (Å²) in [7, 11) is 0. The number of aromatic nitrogens is 2. The summed E-state index contributed by atoms with van der Waals surface area (Å²) in [6.07, 6.45) is -0.768. The van der Waals surface area contributed by atoms with E-state index in [2.05, 4.69) is 0 Å². The van der Waals surface area contributed by atoms with Crippen LogP contribution in [-0.2, 0) is 26.9 Å². The molecule has 10 heteroatoms. The van der Waals surface area contributed by atoms with Gasteiger partial charge in [-0.05, 0) is 73.7 Å². The number of aryl methyl sites for hydroxylation is 1. The van der Waals surface area contributed by atoms with E-state index in [-0.39, 0.29) is 24.2 Å². The standard InChI is InChI=1S/C31H29ClF3N3O3/c1-2-41-30(40)23-6-4-16-37(18-23)28(39)15-13-26-29(20-8-11-25(32)12-9-20)36-27-14-10-22(19-38(26)27)21-5-3-7-24(17-21)31(33,34)35/h3,5,7-12,14,17,19,23H,2,4,6,13,15-16,18H2,1H3. The molecule has 0 bridgehead atoms. The normalized spacial score (nSPS) is 15.7. The first-order chi connectivity index (χ1) is 19.6. The molecular formula is C31H29ClF3N3O3. The first kappa shape index (κ1) is 28.7. The molecule has 2 aromatic carbocycles. The molecule has 3 heterocycles. The van der Waals surface area contributed by atoms with Gasteiger partial charge in [-0.3, -0.25) is 9.59 Å². The minimum absolute atomic E-state index is 0.0787. The van der Waals surface area contributed by atoms with Crippen molar-refractivity contribution in [3.8, 4) is 22.4 Å². The third-order valence-corrected chi connectivity index (χ3v) is 7.58. The second-order valence-electron chi connectivity index (χ2n) is 10.1. The Balaban J connectivity index is 1.47. The maximum Gasteiger partial charge on any atom is 0.416 e. The molecule has 214 valence electrons. The molecule has 1 aliphatic heterocycles. The summed E-state index contributed by atoms with van der Waals surface area (Å²) < 4.78 is 47.1. The summed E-state index contributed by atoms with van der Waals surface area (Å²) in [5, 5.41) is 0.572. The van der Waals surface area contributed by atoms with Gasteiger partial charge in [0.05, 0.1) is 29.5 Å². The summed E-state index contributed by atoms with van der Waals surface area (Å²) >= 11 is 6.10. The summed E-state index contributed by atoms with van der Waals surface area (Å²) in [4.78, 5) is 32.1. The molecule has 1 fully saturated rings. The third-order valence-electron chi connectivity index (χ3n) is 7.33. The monoisotopic (exact) mass is 583 g/mol. The number of rotatable bonds is 7. The molecule has 1 amide bonds. The number of hydrogen-bond donors (Lipinski definition) is 0. The summed E-state index contributed by atoms with van der Waals surface area (Å²) in [6, 6.07) is 15.9. The lowest BCUT2D eigenvalue weighted by atomic mass is 9.97. The minimum Gasteiger partial charge on any atom is -0.466 e. The fourth-order valence-corrected chi connectivity index (χ4v) is 5.38. The SMILES string of the molecule is CCOC(=O)C1CCCN(C(=O)CCc2c(-c3ccc(Cl)cc3)nc3ccc(-c4cccc(C(F)(F)F)c4)cn23)C1. The van der Waals surface area contributed by atoms with Crippen molar-refractivity contribution in [2.75, 3.05) is 19.7 Å². The van der Waals surface area contributed by atoms with Crippen LogP contribution in [0.4, 0.5) is 13.2 Å². The number of pyridine rings is 1. The molecule has 0 aliphatic carbocycles. The number of nitrogens with zero attached hydrogens (tertiary/aromatic N) is 3. The average molecular weight is 584 g/mol. The van der Waals surface area contributed by atoms with Crippen molar-refractivity contribution in [1.82, 2.24) is 14.3 Å². The zero-order chi connectivity index (χ0) is 29.1. The molecule has 6 nitrogen and oxygen atoms in total. The maximum absolute atomic E-state index is 13.4. The Hall–Kier alpha value is -3.85. The number of carbonyl (C=O) groups excluding carboxylic acids is 2. The van der Waals surface area contributed by atoms with Crippen LogP contribution in [0.1, 0.15) is 37.4 Å². The fourth-order valence-electron chi connectivity index (χ4n) is 5.26. The van der Waals surface area contributed by atoms with E-state index in [1.54, 1.807) is 48.4 Å². The van der Waals surface area contributed by atoms with E-state index >= 15 is 0 Å². The highest BCUT2D eigenvalue weighted by atomic mass is 35.5. The van der Waals surface area contributed by atoms with E-state index in [0.717, 1.165) is 29.8 Å². The molecule has 2 aromatic heterocycles. The average Bonchev–Trinajstić information content (AvgIpc) is 3.33. The number of esters is 1. The zero-order valence-corrected chi connectivity index (χ0v) is 23.2. The Morgan fingerprint density at radius 2 is 1.80 bits per heavy atom. The van der Waals surface area contributed by atoms with Crippen molar-refractivity contribution in [2.45, 2.75) is 38.8 Å². The number of likely N-dealkylation sites (tertiary alicyclic amines) is 1. The number of halogens is 4. The number of benzene rings is 2. The number of piperidine rings is 1. The molecule has 5 rings (SSSR count). The van der Waals surface area contributed by atoms with E-state index in [9.17, 15) is 22.8 Å². The Kier molecular flexibility index (Phi) is 8.35. The summed E-state index contributed by atoms with van der Waals surface area (Å²) in [6.45, 7) is 2.96. The van der Waals surface area contributed by atoms with Gasteiger partial charge in [-0.1, -0.05) is 35.9 Å². The number of ether oxygens (including phenoxy) is 1. The van der Waals surface area contributed by atoms with Gasteiger partial charge < -0.3 is 14.0 Å². The molecule has 4 aromatic rings. The van der Waals surface area contributed by atoms with Crippen molar-refractivity contribution in [3.05, 3.63) is 83.1 Å². The van der Waals surface area contributed by atoms with Crippen molar-refractivity contribution in [3.63, 3.8) is 0 Å². The van der Waals surface area contributed by atoms with E-state index in [4.69, 9.17) is 21.3 Å². The fraction of sp³-hybridized carbons (Fsp3) is 0.323. The van der Waals surface area contributed by atoms with Crippen LogP contribution >= 0.6 is 11.6 Å². The number of carbonyl (C=O) groups is 2. The van der Waals surface area contributed by atoms with E-state index in [0.29, 0.717) is 60.0 Å². The van der Waals surface area contributed by atoms with Crippen LogP contribution in [0.3, 0.4) is 0 Å². The molecular weight excluding hydrogens is 555 g/mol. The largest absolute Gasteiger partial charge is 0.466 e. The predicted octanol–water partition coefficient (Wildman–Crippen LogP) is 7.07. The molecule has 0 saturated carbocycles. The second-order valence-corrected chi connectivity index (χ2v) is 10.5. The number of imidazole rings is 1. The van der Waals surface area contributed by atoms with Crippen molar-refractivity contribution >= 4 is 29.1 Å². The topological polar surface area (TPSA) is 63.9 Å². The van der Waals surface area contributed by atoms with Crippen molar-refractivity contribution in [2.24, 2.45) is 5.92 Å². The van der Waals surface area contributed by atoms with Gasteiger partial charge in [0.2, 0.25) is 5.91 Å². The highest BCUT2D eigenvalue weighted by Crippen LogP contribution is 2.33. The van der Waals surface area contributed by atoms with Crippen LogP contribution in [0.15, 0.2) is 66.9 Å². The van der Waals surface area contributed by atoms with Crippen LogP contribution in [0, 0.1) is 5.92 Å². The second kappa shape index (κ2) is 11.9. The molecule has 1 aliphatic rings. The highest BCUT2D eigenvalue weighted by Gasteiger charge is 2.31. The predicted molar refractivity (Wildman–Crippen MR) is 150 cm³/mol.